The zero-order valence-electron chi connectivity index (χ0n) is 19.7. The van der Waals surface area contributed by atoms with Gasteiger partial charge in [-0.05, 0) is 47.4 Å². The minimum atomic E-state index is -0.973. The molecule has 1 heterocycles. The number of hydrogen-bond donors (Lipinski definition) is 2. The number of rotatable bonds is 7. The van der Waals surface area contributed by atoms with Crippen LogP contribution in [0.1, 0.15) is 56.6 Å². The number of likely N-dealkylation sites (tertiary alicyclic amines) is 1. The van der Waals surface area contributed by atoms with Crippen LogP contribution in [-0.2, 0) is 14.3 Å². The quantitative estimate of drug-likeness (QED) is 0.633. The molecule has 0 radical (unpaired) electrons. The Morgan fingerprint density at radius 3 is 2.24 bits per heavy atom. The topological polar surface area (TPSA) is 95.9 Å². The molecule has 2 aromatic rings. The number of alkyl carbamates (subject to hydrolysis) is 1. The summed E-state index contributed by atoms with van der Waals surface area (Å²) in [5.74, 6) is -1.28. The maximum Gasteiger partial charge on any atom is 0.407 e. The van der Waals surface area contributed by atoms with Crippen molar-refractivity contribution in [2.24, 2.45) is 5.92 Å². The van der Waals surface area contributed by atoms with Gasteiger partial charge >= 0.3 is 12.1 Å². The largest absolute Gasteiger partial charge is 0.480 e. The van der Waals surface area contributed by atoms with Crippen molar-refractivity contribution in [1.82, 2.24) is 10.2 Å². The van der Waals surface area contributed by atoms with Crippen molar-refractivity contribution in [3.05, 3.63) is 59.7 Å². The zero-order valence-corrected chi connectivity index (χ0v) is 19.7. The van der Waals surface area contributed by atoms with Crippen molar-refractivity contribution < 1.29 is 24.2 Å². The molecule has 1 aliphatic carbocycles. The van der Waals surface area contributed by atoms with Crippen LogP contribution in [0.25, 0.3) is 11.1 Å². The second-order valence-electron chi connectivity index (χ2n) is 9.46. The third-order valence-electron chi connectivity index (χ3n) is 6.95. The predicted octanol–water partition coefficient (Wildman–Crippen LogP) is 4.41. The van der Waals surface area contributed by atoms with E-state index >= 15 is 0 Å². The molecule has 2 atom stereocenters. The van der Waals surface area contributed by atoms with E-state index < -0.39 is 24.1 Å². The van der Waals surface area contributed by atoms with Crippen molar-refractivity contribution in [2.45, 2.75) is 57.5 Å². The Balaban J connectivity index is 1.38. The monoisotopic (exact) mass is 464 g/mol. The van der Waals surface area contributed by atoms with Gasteiger partial charge in [0.05, 0.1) is 0 Å². The Kier molecular flexibility index (Phi) is 7.20. The predicted molar refractivity (Wildman–Crippen MR) is 128 cm³/mol. The number of ether oxygens (including phenoxy) is 1. The van der Waals surface area contributed by atoms with Crippen LogP contribution in [0.15, 0.2) is 48.5 Å². The first-order chi connectivity index (χ1) is 16.4. The summed E-state index contributed by atoms with van der Waals surface area (Å²) in [6.07, 6.45) is 1.54. The normalized spacial score (nSPS) is 18.2. The maximum atomic E-state index is 12.9. The fourth-order valence-corrected chi connectivity index (χ4v) is 5.04. The molecule has 1 fully saturated rings. The summed E-state index contributed by atoms with van der Waals surface area (Å²) < 4.78 is 5.64. The minimum absolute atomic E-state index is 0.0162. The Morgan fingerprint density at radius 2 is 1.65 bits per heavy atom. The third kappa shape index (κ3) is 4.93. The molecule has 1 saturated heterocycles. The van der Waals surface area contributed by atoms with E-state index in [-0.39, 0.29) is 30.8 Å². The van der Waals surface area contributed by atoms with Crippen molar-refractivity contribution >= 4 is 18.0 Å². The van der Waals surface area contributed by atoms with E-state index in [0.29, 0.717) is 13.0 Å². The van der Waals surface area contributed by atoms with Crippen LogP contribution in [0, 0.1) is 5.92 Å². The number of aliphatic carboxylic acids is 1. The lowest BCUT2D eigenvalue weighted by atomic mass is 9.97. The van der Waals surface area contributed by atoms with Gasteiger partial charge in [0.15, 0.2) is 0 Å². The van der Waals surface area contributed by atoms with Crippen molar-refractivity contribution in [1.29, 1.82) is 0 Å². The van der Waals surface area contributed by atoms with E-state index in [1.165, 1.54) is 4.90 Å². The average molecular weight is 465 g/mol. The summed E-state index contributed by atoms with van der Waals surface area (Å²) in [6.45, 7) is 4.48. The van der Waals surface area contributed by atoms with Crippen LogP contribution < -0.4 is 5.32 Å². The molecule has 4 rings (SSSR count). The van der Waals surface area contributed by atoms with Gasteiger partial charge in [-0.3, -0.25) is 4.79 Å². The summed E-state index contributed by atoms with van der Waals surface area (Å²) in [7, 11) is 0. The lowest BCUT2D eigenvalue weighted by molar-refractivity contribution is -0.152. The lowest BCUT2D eigenvalue weighted by Crippen LogP contribution is -2.50. The summed E-state index contributed by atoms with van der Waals surface area (Å²) in [6, 6.07) is 15.1. The highest BCUT2D eigenvalue weighted by Crippen LogP contribution is 2.44. The minimum Gasteiger partial charge on any atom is -0.480 e. The molecule has 7 heteroatoms. The molecule has 0 unspecified atom stereocenters. The van der Waals surface area contributed by atoms with Crippen LogP contribution in [0.3, 0.4) is 0 Å². The highest BCUT2D eigenvalue weighted by Gasteiger charge is 2.34. The second kappa shape index (κ2) is 10.3. The number of nitrogens with zero attached hydrogens (tertiary/aromatic N) is 1. The Labute approximate surface area is 200 Å². The van der Waals surface area contributed by atoms with Crippen LogP contribution in [0.2, 0.25) is 0 Å². The van der Waals surface area contributed by atoms with Crippen molar-refractivity contribution in [2.75, 3.05) is 13.2 Å². The molecule has 2 aromatic carbocycles. The van der Waals surface area contributed by atoms with Crippen molar-refractivity contribution in [3.63, 3.8) is 0 Å². The zero-order chi connectivity index (χ0) is 24.2. The van der Waals surface area contributed by atoms with Gasteiger partial charge in [-0.15, -0.1) is 0 Å². The van der Waals surface area contributed by atoms with Gasteiger partial charge < -0.3 is 20.1 Å². The SMILES string of the molecule is CC(C)[C@@H](CC(=O)N1CCCC[C@@H]1C(=O)O)NC(=O)OCC1c2ccccc2-c2ccccc21. The molecule has 1 aliphatic heterocycles. The number of carbonyl (C=O) groups excluding carboxylic acids is 2. The molecule has 0 aromatic heterocycles. The Hall–Kier alpha value is -3.35. The molecule has 2 aliphatic rings. The lowest BCUT2D eigenvalue weighted by Gasteiger charge is -2.34. The molecule has 0 saturated carbocycles. The van der Waals surface area contributed by atoms with E-state index in [4.69, 9.17) is 4.74 Å². The molecule has 0 spiro atoms. The van der Waals surface area contributed by atoms with E-state index in [1.807, 2.05) is 38.1 Å². The summed E-state index contributed by atoms with van der Waals surface area (Å²) in [4.78, 5) is 38.7. The van der Waals surface area contributed by atoms with Gasteiger partial charge in [0.1, 0.15) is 12.6 Å². The van der Waals surface area contributed by atoms with E-state index in [9.17, 15) is 19.5 Å². The molecule has 2 N–H and O–H groups in total. The first kappa shape index (κ1) is 23.8. The van der Waals surface area contributed by atoms with E-state index in [2.05, 4.69) is 29.6 Å². The molecular formula is C27H32N2O5. The number of nitrogens with one attached hydrogen (secondary N) is 1. The number of piperidine rings is 1. The maximum absolute atomic E-state index is 12.9. The number of carbonyl (C=O) groups is 3. The van der Waals surface area contributed by atoms with Gasteiger partial charge in [-0.1, -0.05) is 62.4 Å². The molecule has 34 heavy (non-hydrogen) atoms. The molecule has 7 nitrogen and oxygen atoms in total. The highest BCUT2D eigenvalue weighted by atomic mass is 16.5. The van der Waals surface area contributed by atoms with E-state index in [1.54, 1.807) is 0 Å². The van der Waals surface area contributed by atoms with Gasteiger partial charge in [0.25, 0.3) is 0 Å². The average Bonchev–Trinajstić information content (AvgIpc) is 3.16. The Bertz CT molecular complexity index is 1020. The third-order valence-corrected chi connectivity index (χ3v) is 6.95. The van der Waals surface area contributed by atoms with Gasteiger partial charge in [-0.25, -0.2) is 9.59 Å². The fraction of sp³-hybridized carbons (Fsp3) is 0.444. The molecule has 2 amide bonds. The van der Waals surface area contributed by atoms with Crippen LogP contribution in [0.5, 0.6) is 0 Å². The van der Waals surface area contributed by atoms with Crippen molar-refractivity contribution in [3.8, 4) is 11.1 Å². The van der Waals surface area contributed by atoms with E-state index in [0.717, 1.165) is 35.1 Å². The number of amides is 2. The summed E-state index contributed by atoms with van der Waals surface area (Å²) in [5, 5.41) is 12.3. The number of carboxylic acid groups (broad SMARTS) is 1. The van der Waals surface area contributed by atoms with Gasteiger partial charge in [-0.2, -0.15) is 0 Å². The number of carboxylic acids is 1. The number of benzene rings is 2. The fourth-order valence-electron chi connectivity index (χ4n) is 5.04. The highest BCUT2D eigenvalue weighted by molar-refractivity contribution is 5.84. The van der Waals surface area contributed by atoms with Gasteiger partial charge in [0, 0.05) is 24.9 Å². The van der Waals surface area contributed by atoms with Crippen LogP contribution >= 0.6 is 0 Å². The Morgan fingerprint density at radius 1 is 1.03 bits per heavy atom. The second-order valence-corrected chi connectivity index (χ2v) is 9.46. The van der Waals surface area contributed by atoms with Crippen LogP contribution in [0.4, 0.5) is 4.79 Å². The van der Waals surface area contributed by atoms with Gasteiger partial charge in [0.2, 0.25) is 5.91 Å². The first-order valence-electron chi connectivity index (χ1n) is 12.0. The number of fused-ring (bicyclic) bond motifs is 3. The first-order valence-corrected chi connectivity index (χ1v) is 12.0. The van der Waals surface area contributed by atoms with Crippen LogP contribution in [-0.4, -0.2) is 53.2 Å². The smallest absolute Gasteiger partial charge is 0.407 e. The molecular weight excluding hydrogens is 432 g/mol. The standard InChI is InChI=1S/C27H32N2O5/c1-17(2)23(15-25(30)29-14-8-7-13-24(29)26(31)32)28-27(33)34-16-22-20-11-5-3-9-18(20)19-10-4-6-12-21(19)22/h3-6,9-12,17,22-24H,7-8,13-16H2,1-2H3,(H,28,33)(H,31,32)/t23-,24-/m1/s1. The summed E-state index contributed by atoms with van der Waals surface area (Å²) in [5.41, 5.74) is 4.59. The molecule has 180 valence electrons. The number of hydrogen-bond acceptors (Lipinski definition) is 4. The summed E-state index contributed by atoms with van der Waals surface area (Å²) >= 11 is 0. The molecule has 0 bridgehead atoms.